The van der Waals surface area contributed by atoms with Crippen LogP contribution in [0.15, 0.2) is 24.3 Å². The summed E-state index contributed by atoms with van der Waals surface area (Å²) in [5.41, 5.74) is 2.84. The first kappa shape index (κ1) is 6.83. The van der Waals surface area contributed by atoms with Gasteiger partial charge in [-0.2, -0.15) is 0 Å². The van der Waals surface area contributed by atoms with Crippen molar-refractivity contribution < 1.29 is 4.84 Å². The van der Waals surface area contributed by atoms with E-state index in [1.165, 1.54) is 11.1 Å². The van der Waals surface area contributed by atoms with E-state index in [-0.39, 0.29) is 0 Å². The molecule has 1 aliphatic rings. The van der Waals surface area contributed by atoms with Crippen LogP contribution < -0.4 is 5.90 Å². The van der Waals surface area contributed by atoms with Crippen LogP contribution in [0.1, 0.15) is 17.0 Å². The van der Waals surface area contributed by atoms with E-state index in [1.54, 1.807) is 0 Å². The van der Waals surface area contributed by atoms with Crippen molar-refractivity contribution >= 4 is 0 Å². The molecule has 1 unspecified atom stereocenters. The van der Waals surface area contributed by atoms with Crippen molar-refractivity contribution in [2.24, 2.45) is 5.90 Å². The fourth-order valence-corrected chi connectivity index (χ4v) is 1.63. The molecule has 2 heteroatoms. The van der Waals surface area contributed by atoms with Crippen LogP contribution in [-0.2, 0) is 11.3 Å². The predicted octanol–water partition coefficient (Wildman–Crippen LogP) is 1.22. The molecule has 0 radical (unpaired) electrons. The Morgan fingerprint density at radius 1 is 1.45 bits per heavy atom. The molecular formula is C9H11NO. The van der Waals surface area contributed by atoms with Gasteiger partial charge in [0.25, 0.3) is 0 Å². The highest BCUT2D eigenvalue weighted by Gasteiger charge is 2.24. The van der Waals surface area contributed by atoms with Gasteiger partial charge >= 0.3 is 0 Å². The molecule has 0 saturated carbocycles. The maximum atomic E-state index is 5.00. The van der Waals surface area contributed by atoms with Crippen molar-refractivity contribution in [1.29, 1.82) is 0 Å². The van der Waals surface area contributed by atoms with Crippen molar-refractivity contribution in [3.05, 3.63) is 35.4 Å². The molecule has 0 fully saturated rings. The van der Waals surface area contributed by atoms with Gasteiger partial charge in [-0.1, -0.05) is 24.3 Å². The van der Waals surface area contributed by atoms with Gasteiger partial charge in [0.15, 0.2) is 0 Å². The third-order valence-electron chi connectivity index (χ3n) is 2.26. The van der Waals surface area contributed by atoms with Gasteiger partial charge < -0.3 is 4.84 Å². The number of nitrogens with two attached hydrogens (primary N) is 1. The number of benzene rings is 1. The summed E-state index contributed by atoms with van der Waals surface area (Å²) in [6.45, 7) is 0.650. The second kappa shape index (κ2) is 2.64. The Hall–Kier alpha value is -0.860. The summed E-state index contributed by atoms with van der Waals surface area (Å²) in [6, 6.07) is 8.42. The second-order valence-corrected chi connectivity index (χ2v) is 2.93. The van der Waals surface area contributed by atoms with Gasteiger partial charge in [-0.05, 0) is 17.5 Å². The lowest BCUT2D eigenvalue weighted by Gasteiger charge is -2.28. The maximum Gasteiger partial charge on any atom is 0.0751 e. The van der Waals surface area contributed by atoms with Gasteiger partial charge in [-0.25, -0.2) is 5.90 Å². The van der Waals surface area contributed by atoms with E-state index in [0.29, 0.717) is 12.5 Å². The lowest BCUT2D eigenvalue weighted by molar-refractivity contribution is 0.117. The number of hydrogen-bond donors (Lipinski definition) is 1. The molecule has 1 aromatic rings. The molecule has 1 aromatic carbocycles. The molecule has 2 nitrogen and oxygen atoms in total. The van der Waals surface area contributed by atoms with E-state index in [2.05, 4.69) is 29.1 Å². The second-order valence-electron chi connectivity index (χ2n) is 2.93. The Bertz CT molecular complexity index is 259. The molecule has 58 valence electrons. The lowest BCUT2D eigenvalue weighted by Crippen LogP contribution is -2.23. The van der Waals surface area contributed by atoms with Crippen LogP contribution in [0.25, 0.3) is 0 Å². The SMILES string of the molecule is NOCC1Cc2ccccc21. The topological polar surface area (TPSA) is 35.2 Å². The van der Waals surface area contributed by atoms with E-state index in [4.69, 9.17) is 5.90 Å². The Morgan fingerprint density at radius 3 is 3.00 bits per heavy atom. The molecule has 0 aromatic heterocycles. The van der Waals surface area contributed by atoms with Gasteiger partial charge in [-0.15, -0.1) is 0 Å². The van der Waals surface area contributed by atoms with E-state index < -0.39 is 0 Å². The molecule has 0 aliphatic heterocycles. The quantitative estimate of drug-likeness (QED) is 0.641. The minimum Gasteiger partial charge on any atom is -0.304 e. The Balaban J connectivity index is 2.16. The van der Waals surface area contributed by atoms with Crippen LogP contribution >= 0.6 is 0 Å². The number of hydrogen-bond acceptors (Lipinski definition) is 2. The van der Waals surface area contributed by atoms with Crippen molar-refractivity contribution in [3.8, 4) is 0 Å². The molecule has 2 rings (SSSR count). The van der Waals surface area contributed by atoms with Gasteiger partial charge in [0, 0.05) is 5.92 Å². The molecule has 0 spiro atoms. The smallest absolute Gasteiger partial charge is 0.0751 e. The zero-order valence-corrected chi connectivity index (χ0v) is 6.29. The Labute approximate surface area is 65.9 Å². The van der Waals surface area contributed by atoms with Gasteiger partial charge in [0.2, 0.25) is 0 Å². The monoisotopic (exact) mass is 149 g/mol. The molecule has 0 saturated heterocycles. The minimum atomic E-state index is 0.538. The molecule has 0 heterocycles. The van der Waals surface area contributed by atoms with E-state index >= 15 is 0 Å². The first-order valence-electron chi connectivity index (χ1n) is 3.81. The normalized spacial score (nSPS) is 20.6. The molecular weight excluding hydrogens is 138 g/mol. The Morgan fingerprint density at radius 2 is 2.27 bits per heavy atom. The van der Waals surface area contributed by atoms with Crippen LogP contribution in [-0.4, -0.2) is 6.61 Å². The first-order valence-corrected chi connectivity index (χ1v) is 3.81. The highest BCUT2D eigenvalue weighted by atomic mass is 16.6. The van der Waals surface area contributed by atoms with Crippen molar-refractivity contribution in [2.45, 2.75) is 12.3 Å². The minimum absolute atomic E-state index is 0.538. The predicted molar refractivity (Wildman–Crippen MR) is 43.0 cm³/mol. The fraction of sp³-hybridized carbons (Fsp3) is 0.333. The average Bonchev–Trinajstić information content (AvgIpc) is 2.01. The van der Waals surface area contributed by atoms with Gasteiger partial charge in [-0.3, -0.25) is 0 Å². The van der Waals surface area contributed by atoms with Gasteiger partial charge in [0.05, 0.1) is 6.61 Å². The summed E-state index contributed by atoms with van der Waals surface area (Å²) in [5.74, 6) is 5.53. The molecule has 1 atom stereocenters. The summed E-state index contributed by atoms with van der Waals surface area (Å²) < 4.78 is 0. The van der Waals surface area contributed by atoms with E-state index in [0.717, 1.165) is 6.42 Å². The summed E-state index contributed by atoms with van der Waals surface area (Å²) in [5, 5.41) is 0. The molecule has 11 heavy (non-hydrogen) atoms. The van der Waals surface area contributed by atoms with Crippen LogP contribution in [0.5, 0.6) is 0 Å². The molecule has 0 amide bonds. The number of fused-ring (bicyclic) bond motifs is 1. The number of rotatable bonds is 2. The molecule has 1 aliphatic carbocycles. The van der Waals surface area contributed by atoms with Gasteiger partial charge in [0.1, 0.15) is 0 Å². The summed E-state index contributed by atoms with van der Waals surface area (Å²) >= 11 is 0. The summed E-state index contributed by atoms with van der Waals surface area (Å²) in [7, 11) is 0. The van der Waals surface area contributed by atoms with E-state index in [1.807, 2.05) is 0 Å². The fourth-order valence-electron chi connectivity index (χ4n) is 1.63. The Kier molecular flexibility index (Phi) is 1.64. The van der Waals surface area contributed by atoms with Crippen molar-refractivity contribution in [1.82, 2.24) is 0 Å². The van der Waals surface area contributed by atoms with Crippen molar-refractivity contribution in [3.63, 3.8) is 0 Å². The zero-order valence-electron chi connectivity index (χ0n) is 6.29. The molecule has 0 bridgehead atoms. The third kappa shape index (κ3) is 1.04. The van der Waals surface area contributed by atoms with Crippen LogP contribution in [0.3, 0.4) is 0 Å². The van der Waals surface area contributed by atoms with Crippen LogP contribution in [0.2, 0.25) is 0 Å². The highest BCUT2D eigenvalue weighted by molar-refractivity contribution is 5.39. The van der Waals surface area contributed by atoms with Crippen LogP contribution in [0, 0.1) is 0 Å². The zero-order chi connectivity index (χ0) is 7.68. The van der Waals surface area contributed by atoms with Crippen LogP contribution in [0.4, 0.5) is 0 Å². The standard InChI is InChI=1S/C9H11NO/c10-11-6-8-5-7-3-1-2-4-9(7)8/h1-4,8H,5-6,10H2. The van der Waals surface area contributed by atoms with Crippen molar-refractivity contribution in [2.75, 3.05) is 6.61 Å². The average molecular weight is 149 g/mol. The lowest BCUT2D eigenvalue weighted by atomic mass is 9.78. The largest absolute Gasteiger partial charge is 0.304 e. The summed E-state index contributed by atoms with van der Waals surface area (Å²) in [4.78, 5) is 4.60. The molecule has 2 N–H and O–H groups in total. The summed E-state index contributed by atoms with van der Waals surface area (Å²) in [6.07, 6.45) is 1.12. The third-order valence-corrected chi connectivity index (χ3v) is 2.26. The van der Waals surface area contributed by atoms with E-state index in [9.17, 15) is 0 Å². The first-order chi connectivity index (χ1) is 5.42. The highest BCUT2D eigenvalue weighted by Crippen LogP contribution is 2.34. The maximum absolute atomic E-state index is 5.00.